The molecule has 0 aliphatic heterocycles. The van der Waals surface area contributed by atoms with Crippen LogP contribution >= 0.6 is 11.3 Å². The molecular weight excluding hydrogens is 340 g/mol. The third-order valence-electron chi connectivity index (χ3n) is 4.19. The highest BCUT2D eigenvalue weighted by molar-refractivity contribution is 7.16. The Morgan fingerprint density at radius 1 is 1.52 bits per heavy atom. The SMILES string of the molecule is C=C/C=C(/CNC(=O)c1c(N)sc2c1C(CC(=O)O)CC2)C(=C)OC. The fourth-order valence-electron chi connectivity index (χ4n) is 3.01. The number of anilines is 1. The number of nitrogens with one attached hydrogen (secondary N) is 1. The van der Waals surface area contributed by atoms with Gasteiger partial charge in [-0.05, 0) is 24.3 Å². The number of aliphatic carboxylic acids is 1. The van der Waals surface area contributed by atoms with Crippen molar-refractivity contribution in [3.8, 4) is 0 Å². The van der Waals surface area contributed by atoms with Crippen LogP contribution in [0.25, 0.3) is 0 Å². The molecular formula is C18H22N2O4S. The standard InChI is InChI=1S/C18H22N2O4S/c1-4-5-12(10(2)24-3)9-20-18(23)16-15-11(8-14(21)22)6-7-13(15)25-17(16)19/h4-5,11H,1-2,6-9,19H2,3H3,(H,20,23)(H,21,22)/b12-5-. The first-order chi connectivity index (χ1) is 11.9. The minimum absolute atomic E-state index is 0.00551. The molecule has 25 heavy (non-hydrogen) atoms. The van der Waals surface area contributed by atoms with Crippen LogP contribution in [0.5, 0.6) is 0 Å². The van der Waals surface area contributed by atoms with Gasteiger partial charge >= 0.3 is 5.97 Å². The van der Waals surface area contributed by atoms with Gasteiger partial charge in [0.15, 0.2) is 0 Å². The average Bonchev–Trinajstić information content (AvgIpc) is 3.08. The summed E-state index contributed by atoms with van der Waals surface area (Å²) in [5, 5.41) is 12.3. The number of rotatable bonds is 8. The highest BCUT2D eigenvalue weighted by Gasteiger charge is 2.33. The van der Waals surface area contributed by atoms with Gasteiger partial charge in [-0.2, -0.15) is 0 Å². The summed E-state index contributed by atoms with van der Waals surface area (Å²) in [5.41, 5.74) is 7.93. The summed E-state index contributed by atoms with van der Waals surface area (Å²) in [5.74, 6) is -0.917. The van der Waals surface area contributed by atoms with Gasteiger partial charge in [0.2, 0.25) is 0 Å². The van der Waals surface area contributed by atoms with E-state index in [4.69, 9.17) is 15.6 Å². The normalized spacial score (nSPS) is 16.2. The highest BCUT2D eigenvalue weighted by Crippen LogP contribution is 2.45. The van der Waals surface area contributed by atoms with Crippen LogP contribution in [0.4, 0.5) is 5.00 Å². The molecule has 6 nitrogen and oxygen atoms in total. The molecule has 0 fully saturated rings. The number of hydrogen-bond acceptors (Lipinski definition) is 5. The number of methoxy groups -OCH3 is 1. The van der Waals surface area contributed by atoms with Gasteiger partial charge in [-0.3, -0.25) is 9.59 Å². The molecule has 0 saturated carbocycles. The molecule has 1 atom stereocenters. The van der Waals surface area contributed by atoms with Gasteiger partial charge in [0.25, 0.3) is 5.91 Å². The monoisotopic (exact) mass is 362 g/mol. The molecule has 134 valence electrons. The molecule has 1 heterocycles. The van der Waals surface area contributed by atoms with Gasteiger partial charge in [0.05, 0.1) is 24.1 Å². The van der Waals surface area contributed by atoms with Crippen molar-refractivity contribution in [3.63, 3.8) is 0 Å². The molecule has 0 bridgehead atoms. The molecule has 1 aromatic heterocycles. The first kappa shape index (κ1) is 18.8. The smallest absolute Gasteiger partial charge is 0.303 e. The predicted molar refractivity (Wildman–Crippen MR) is 98.8 cm³/mol. The first-order valence-electron chi connectivity index (χ1n) is 7.84. The van der Waals surface area contributed by atoms with E-state index in [2.05, 4.69) is 18.5 Å². The van der Waals surface area contributed by atoms with E-state index in [0.29, 0.717) is 21.9 Å². The maximum absolute atomic E-state index is 12.7. The van der Waals surface area contributed by atoms with Gasteiger partial charge < -0.3 is 20.9 Å². The van der Waals surface area contributed by atoms with Gasteiger partial charge in [-0.1, -0.05) is 25.3 Å². The lowest BCUT2D eigenvalue weighted by Gasteiger charge is -2.13. The number of carboxylic acid groups (broad SMARTS) is 1. The van der Waals surface area contributed by atoms with E-state index in [-0.39, 0.29) is 24.8 Å². The Hall–Kier alpha value is -2.54. The Labute approximate surface area is 150 Å². The molecule has 4 N–H and O–H groups in total. The second-order valence-corrected chi connectivity index (χ2v) is 6.89. The summed E-state index contributed by atoms with van der Waals surface area (Å²) < 4.78 is 5.10. The number of fused-ring (bicyclic) bond motifs is 1. The molecule has 2 rings (SSSR count). The van der Waals surface area contributed by atoms with Crippen LogP contribution < -0.4 is 11.1 Å². The van der Waals surface area contributed by atoms with Crippen molar-refractivity contribution < 1.29 is 19.4 Å². The number of allylic oxidation sites excluding steroid dienone is 2. The van der Waals surface area contributed by atoms with Gasteiger partial charge in [-0.15, -0.1) is 11.3 Å². The van der Waals surface area contributed by atoms with Crippen LogP contribution in [0.3, 0.4) is 0 Å². The molecule has 1 amide bonds. The van der Waals surface area contributed by atoms with Crippen molar-refractivity contribution in [2.24, 2.45) is 0 Å². The zero-order valence-electron chi connectivity index (χ0n) is 14.1. The zero-order chi connectivity index (χ0) is 18.6. The third-order valence-corrected chi connectivity index (χ3v) is 5.28. The van der Waals surface area contributed by atoms with Crippen molar-refractivity contribution in [1.82, 2.24) is 5.32 Å². The van der Waals surface area contributed by atoms with E-state index < -0.39 is 5.97 Å². The Kier molecular flexibility index (Phi) is 6.03. The summed E-state index contributed by atoms with van der Waals surface area (Å²) in [6.45, 7) is 7.62. The summed E-state index contributed by atoms with van der Waals surface area (Å²) in [4.78, 5) is 24.8. The molecule has 1 aliphatic carbocycles. The molecule has 0 aromatic carbocycles. The first-order valence-corrected chi connectivity index (χ1v) is 8.66. The lowest BCUT2D eigenvalue weighted by molar-refractivity contribution is -0.137. The van der Waals surface area contributed by atoms with Gasteiger partial charge in [0, 0.05) is 17.0 Å². The summed E-state index contributed by atoms with van der Waals surface area (Å²) in [7, 11) is 1.50. The Morgan fingerprint density at radius 3 is 2.84 bits per heavy atom. The predicted octanol–water partition coefficient (Wildman–Crippen LogP) is 2.84. The van der Waals surface area contributed by atoms with Crippen molar-refractivity contribution >= 4 is 28.2 Å². The lowest BCUT2D eigenvalue weighted by Crippen LogP contribution is -2.27. The number of carbonyl (C=O) groups is 2. The maximum atomic E-state index is 12.7. The summed E-state index contributed by atoms with van der Waals surface area (Å²) >= 11 is 1.37. The van der Waals surface area contributed by atoms with E-state index >= 15 is 0 Å². The number of hydrogen-bond donors (Lipinski definition) is 3. The second-order valence-electron chi connectivity index (χ2n) is 5.75. The van der Waals surface area contributed by atoms with E-state index in [0.717, 1.165) is 23.3 Å². The number of ether oxygens (including phenoxy) is 1. The maximum Gasteiger partial charge on any atom is 0.303 e. The molecule has 0 radical (unpaired) electrons. The minimum Gasteiger partial charge on any atom is -0.497 e. The molecule has 1 unspecified atom stereocenters. The number of thiophene rings is 1. The summed E-state index contributed by atoms with van der Waals surface area (Å²) in [6.07, 6.45) is 4.80. The molecule has 7 heteroatoms. The summed E-state index contributed by atoms with van der Waals surface area (Å²) in [6, 6.07) is 0. The van der Waals surface area contributed by atoms with Crippen LogP contribution in [-0.2, 0) is 16.0 Å². The Balaban J connectivity index is 2.20. The quantitative estimate of drug-likeness (QED) is 0.487. The fourth-order valence-corrected chi connectivity index (χ4v) is 4.18. The lowest BCUT2D eigenvalue weighted by atomic mass is 9.95. The average molecular weight is 362 g/mol. The van der Waals surface area contributed by atoms with Crippen LogP contribution in [0, 0.1) is 0 Å². The van der Waals surface area contributed by atoms with Crippen LogP contribution in [-0.4, -0.2) is 30.6 Å². The van der Waals surface area contributed by atoms with Crippen molar-refractivity contribution in [3.05, 3.63) is 52.6 Å². The minimum atomic E-state index is -0.874. The molecule has 1 aliphatic rings. The van der Waals surface area contributed by atoms with E-state index in [1.54, 1.807) is 12.2 Å². The van der Waals surface area contributed by atoms with E-state index in [9.17, 15) is 9.59 Å². The van der Waals surface area contributed by atoms with Crippen LogP contribution in [0.1, 0.15) is 39.6 Å². The highest BCUT2D eigenvalue weighted by atomic mass is 32.1. The van der Waals surface area contributed by atoms with Crippen molar-refractivity contribution in [2.75, 3.05) is 19.4 Å². The van der Waals surface area contributed by atoms with E-state index in [1.165, 1.54) is 18.4 Å². The van der Waals surface area contributed by atoms with Gasteiger partial charge in [0.1, 0.15) is 5.76 Å². The van der Waals surface area contributed by atoms with Crippen LogP contribution in [0.2, 0.25) is 0 Å². The largest absolute Gasteiger partial charge is 0.497 e. The fraction of sp³-hybridized carbons (Fsp3) is 0.333. The van der Waals surface area contributed by atoms with E-state index in [1.807, 2.05) is 0 Å². The number of carboxylic acids is 1. The molecule has 0 saturated heterocycles. The van der Waals surface area contributed by atoms with Crippen molar-refractivity contribution in [1.29, 1.82) is 0 Å². The number of nitrogen functional groups attached to an aromatic ring is 1. The van der Waals surface area contributed by atoms with Gasteiger partial charge in [-0.25, -0.2) is 0 Å². The molecule has 1 aromatic rings. The zero-order valence-corrected chi connectivity index (χ0v) is 14.9. The number of aryl methyl sites for hydroxylation is 1. The topological polar surface area (TPSA) is 102 Å². The Bertz CT molecular complexity index is 749. The van der Waals surface area contributed by atoms with Crippen molar-refractivity contribution in [2.45, 2.75) is 25.2 Å². The van der Waals surface area contributed by atoms with Crippen LogP contribution in [0.15, 0.2) is 36.6 Å². The molecule has 0 spiro atoms. The number of carbonyl (C=O) groups excluding carboxylic acids is 1. The number of nitrogens with two attached hydrogens (primary N) is 1. The number of amides is 1. The second kappa shape index (κ2) is 8.02. The third kappa shape index (κ3) is 4.11. The Morgan fingerprint density at radius 2 is 2.24 bits per heavy atom.